The Morgan fingerprint density at radius 3 is 2.09 bits per heavy atom. The lowest BCUT2D eigenvalue weighted by atomic mass is 9.81. The Morgan fingerprint density at radius 1 is 1.09 bits per heavy atom. The van der Waals surface area contributed by atoms with Gasteiger partial charge in [-0.1, -0.05) is 0 Å². The van der Waals surface area contributed by atoms with Gasteiger partial charge in [0.15, 0.2) is 0 Å². The Labute approximate surface area is 126 Å². The van der Waals surface area contributed by atoms with Crippen LogP contribution in [0.3, 0.4) is 0 Å². The van der Waals surface area contributed by atoms with Crippen molar-refractivity contribution in [1.82, 2.24) is 15.1 Å². The zero-order chi connectivity index (χ0) is 16.9. The van der Waals surface area contributed by atoms with Gasteiger partial charge in [0.05, 0.1) is 18.5 Å². The molecule has 0 aromatic heterocycles. The van der Waals surface area contributed by atoms with Gasteiger partial charge in [-0.15, -0.1) is 0 Å². The lowest BCUT2D eigenvalue weighted by Gasteiger charge is -2.32. The van der Waals surface area contributed by atoms with Crippen LogP contribution >= 0.6 is 0 Å². The van der Waals surface area contributed by atoms with E-state index in [0.717, 1.165) is 9.80 Å². The number of carbonyl (C=O) groups is 2. The highest BCUT2D eigenvalue weighted by Crippen LogP contribution is 2.32. The molecule has 0 aromatic carbocycles. The number of hydrogen-bond donors (Lipinski definition) is 1. The normalized spacial score (nSPS) is 21.5. The van der Waals surface area contributed by atoms with E-state index in [1.807, 2.05) is 0 Å². The van der Waals surface area contributed by atoms with Crippen molar-refractivity contribution in [2.75, 3.05) is 40.3 Å². The molecule has 1 rings (SSSR count). The highest BCUT2D eigenvalue weighted by Gasteiger charge is 2.45. The summed E-state index contributed by atoms with van der Waals surface area (Å²) in [4.78, 5) is 26.2. The van der Waals surface area contributed by atoms with Gasteiger partial charge in [-0.25, -0.2) is 17.6 Å². The third-order valence-electron chi connectivity index (χ3n) is 3.78. The lowest BCUT2D eigenvalue weighted by Crippen LogP contribution is -2.48. The first kappa shape index (κ1) is 18.7. The Hall–Kier alpha value is -1.38. The molecule has 1 N–H and O–H groups in total. The van der Waals surface area contributed by atoms with Crippen molar-refractivity contribution in [2.45, 2.75) is 25.7 Å². The Kier molecular flexibility index (Phi) is 6.58. The molecule has 128 valence electrons. The van der Waals surface area contributed by atoms with Crippen LogP contribution in [0.1, 0.15) is 12.8 Å². The van der Waals surface area contributed by atoms with E-state index < -0.39 is 43.2 Å². The van der Waals surface area contributed by atoms with E-state index in [4.69, 9.17) is 0 Å². The Balaban J connectivity index is 2.79. The first-order valence-corrected chi connectivity index (χ1v) is 6.94. The predicted octanol–water partition coefficient (Wildman–Crippen LogP) is 0.803. The second kappa shape index (κ2) is 7.75. The largest absolute Gasteiger partial charge is 0.340 e. The van der Waals surface area contributed by atoms with Crippen molar-refractivity contribution in [2.24, 2.45) is 5.41 Å². The zero-order valence-corrected chi connectivity index (χ0v) is 12.6. The molecule has 1 atom stereocenters. The average molecular weight is 327 g/mol. The highest BCUT2D eigenvalue weighted by molar-refractivity contribution is 5.89. The molecule has 0 bridgehead atoms. The quantitative estimate of drug-likeness (QED) is 0.704. The van der Waals surface area contributed by atoms with Gasteiger partial charge in [0.2, 0.25) is 11.8 Å². The number of nitrogens with one attached hydrogen (secondary N) is 1. The topological polar surface area (TPSA) is 52.7 Å². The van der Waals surface area contributed by atoms with Crippen LogP contribution in [0.4, 0.5) is 17.6 Å². The standard InChI is InChI=1S/C13H21F4N3O2/c1-19(6-9(14)15)11(21)5-13(3-4-18-8-13)12(22)20(2)7-10(16)17/h9-10,18H,3-8H2,1-2H3. The van der Waals surface area contributed by atoms with E-state index in [1.54, 1.807) is 0 Å². The fraction of sp³-hybridized carbons (Fsp3) is 0.846. The van der Waals surface area contributed by atoms with Gasteiger partial charge >= 0.3 is 0 Å². The van der Waals surface area contributed by atoms with Crippen molar-refractivity contribution >= 4 is 11.8 Å². The van der Waals surface area contributed by atoms with E-state index in [0.29, 0.717) is 13.0 Å². The van der Waals surface area contributed by atoms with Crippen LogP contribution in [0.2, 0.25) is 0 Å². The molecule has 0 spiro atoms. The van der Waals surface area contributed by atoms with E-state index in [-0.39, 0.29) is 13.0 Å². The van der Waals surface area contributed by atoms with Crippen molar-refractivity contribution in [3.8, 4) is 0 Å². The van der Waals surface area contributed by atoms with Gasteiger partial charge in [-0.05, 0) is 13.0 Å². The molecule has 0 radical (unpaired) electrons. The molecule has 0 saturated carbocycles. The van der Waals surface area contributed by atoms with Crippen LogP contribution in [-0.2, 0) is 9.59 Å². The van der Waals surface area contributed by atoms with Crippen molar-refractivity contribution in [1.29, 1.82) is 0 Å². The Bertz CT molecular complexity index is 401. The maximum absolute atomic E-state index is 12.4. The molecular formula is C13H21F4N3O2. The molecule has 9 heteroatoms. The summed E-state index contributed by atoms with van der Waals surface area (Å²) in [7, 11) is 2.49. The third-order valence-corrected chi connectivity index (χ3v) is 3.78. The molecule has 2 amide bonds. The number of carbonyl (C=O) groups excluding carboxylic acids is 2. The van der Waals surface area contributed by atoms with Gasteiger partial charge in [0.1, 0.15) is 0 Å². The minimum atomic E-state index is -2.67. The average Bonchev–Trinajstić information content (AvgIpc) is 2.85. The lowest BCUT2D eigenvalue weighted by molar-refractivity contribution is -0.147. The van der Waals surface area contributed by atoms with Crippen molar-refractivity contribution < 1.29 is 27.2 Å². The molecule has 0 aliphatic carbocycles. The molecule has 1 heterocycles. The predicted molar refractivity (Wildman–Crippen MR) is 71.8 cm³/mol. The molecule has 1 fully saturated rings. The van der Waals surface area contributed by atoms with Crippen LogP contribution in [0, 0.1) is 5.41 Å². The molecule has 22 heavy (non-hydrogen) atoms. The van der Waals surface area contributed by atoms with Crippen LogP contribution in [-0.4, -0.2) is 74.7 Å². The minimum absolute atomic E-state index is 0.174. The summed E-state index contributed by atoms with van der Waals surface area (Å²) in [6.45, 7) is -0.793. The first-order valence-electron chi connectivity index (χ1n) is 6.94. The number of halogens is 4. The van der Waals surface area contributed by atoms with Gasteiger partial charge in [-0.2, -0.15) is 0 Å². The fourth-order valence-electron chi connectivity index (χ4n) is 2.58. The molecule has 5 nitrogen and oxygen atoms in total. The third kappa shape index (κ3) is 4.82. The molecule has 1 aliphatic heterocycles. The zero-order valence-electron chi connectivity index (χ0n) is 12.6. The van der Waals surface area contributed by atoms with Crippen LogP contribution in [0.5, 0.6) is 0 Å². The molecule has 1 unspecified atom stereocenters. The maximum atomic E-state index is 12.4. The fourth-order valence-corrected chi connectivity index (χ4v) is 2.58. The molecule has 1 saturated heterocycles. The Morgan fingerprint density at radius 2 is 1.64 bits per heavy atom. The number of rotatable bonds is 7. The first-order chi connectivity index (χ1) is 10.2. The van der Waals surface area contributed by atoms with Crippen LogP contribution in [0.15, 0.2) is 0 Å². The summed E-state index contributed by atoms with van der Waals surface area (Å²) in [6, 6.07) is 0. The number of nitrogens with zero attached hydrogens (tertiary/aromatic N) is 2. The van der Waals surface area contributed by atoms with E-state index in [2.05, 4.69) is 5.32 Å². The summed E-state index contributed by atoms with van der Waals surface area (Å²) in [5.74, 6) is -1.15. The second-order valence-electron chi connectivity index (χ2n) is 5.63. The van der Waals surface area contributed by atoms with Gasteiger partial charge in [0, 0.05) is 27.1 Å². The van der Waals surface area contributed by atoms with Gasteiger partial charge < -0.3 is 15.1 Å². The molecule has 1 aliphatic rings. The van der Waals surface area contributed by atoms with E-state index in [1.165, 1.54) is 14.1 Å². The summed E-state index contributed by atoms with van der Waals surface area (Å²) >= 11 is 0. The second-order valence-corrected chi connectivity index (χ2v) is 5.63. The minimum Gasteiger partial charge on any atom is -0.340 e. The summed E-state index contributed by atoms with van der Waals surface area (Å²) < 4.78 is 49.5. The summed E-state index contributed by atoms with van der Waals surface area (Å²) in [5.41, 5.74) is -1.14. The van der Waals surface area contributed by atoms with Gasteiger partial charge in [-0.3, -0.25) is 9.59 Å². The van der Waals surface area contributed by atoms with Crippen LogP contribution in [0.25, 0.3) is 0 Å². The monoisotopic (exact) mass is 327 g/mol. The molecule has 0 aromatic rings. The van der Waals surface area contributed by atoms with Crippen LogP contribution < -0.4 is 5.32 Å². The van der Waals surface area contributed by atoms with Crippen molar-refractivity contribution in [3.63, 3.8) is 0 Å². The smallest absolute Gasteiger partial charge is 0.255 e. The SMILES string of the molecule is CN(CC(F)F)C(=O)CC1(C(=O)N(C)CC(F)F)CCNC1. The highest BCUT2D eigenvalue weighted by atomic mass is 19.3. The summed E-state index contributed by atoms with van der Waals surface area (Å²) in [5, 5.41) is 2.93. The van der Waals surface area contributed by atoms with Gasteiger partial charge in [0.25, 0.3) is 12.9 Å². The number of hydrogen-bond acceptors (Lipinski definition) is 3. The maximum Gasteiger partial charge on any atom is 0.255 e. The van der Waals surface area contributed by atoms with E-state index in [9.17, 15) is 27.2 Å². The number of alkyl halides is 4. The summed E-state index contributed by atoms with van der Waals surface area (Å²) in [6.07, 6.45) is -5.29. The molecular weight excluding hydrogens is 306 g/mol. The number of amides is 2. The van der Waals surface area contributed by atoms with E-state index >= 15 is 0 Å². The van der Waals surface area contributed by atoms with Crippen molar-refractivity contribution in [3.05, 3.63) is 0 Å².